The number of benzene rings is 2. The van der Waals surface area contributed by atoms with Gasteiger partial charge in [-0.1, -0.05) is 11.6 Å². The summed E-state index contributed by atoms with van der Waals surface area (Å²) in [5.41, 5.74) is 1.98. The summed E-state index contributed by atoms with van der Waals surface area (Å²) in [5, 5.41) is 11.2. The molecular weight excluding hydrogens is 262 g/mol. The highest BCUT2D eigenvalue weighted by atomic mass is 35.5. The van der Waals surface area contributed by atoms with Crippen molar-refractivity contribution in [1.29, 1.82) is 0 Å². The number of phenolic OH excluding ortho intramolecular Hbond substituents is 1. The number of phenols is 1. The molecule has 0 saturated carbocycles. The summed E-state index contributed by atoms with van der Waals surface area (Å²) in [6, 6.07) is 12.5. The number of fused-ring (bicyclic) bond motifs is 1. The molecule has 2 aromatic carbocycles. The van der Waals surface area contributed by atoms with Crippen molar-refractivity contribution < 1.29 is 9.84 Å². The molecule has 0 saturated heterocycles. The van der Waals surface area contributed by atoms with E-state index < -0.39 is 0 Å². The highest BCUT2D eigenvalue weighted by molar-refractivity contribution is 6.30. The first-order valence-electron chi connectivity index (χ1n) is 5.90. The number of hydrogen-bond acceptors (Lipinski definition) is 2. The van der Waals surface area contributed by atoms with Crippen molar-refractivity contribution in [3.63, 3.8) is 0 Å². The fourth-order valence-electron chi connectivity index (χ4n) is 1.98. The summed E-state index contributed by atoms with van der Waals surface area (Å²) < 4.78 is 5.69. The zero-order valence-corrected chi connectivity index (χ0v) is 10.8. The molecule has 0 amide bonds. The number of ether oxygens (including phenoxy) is 1. The molecule has 3 aromatic rings. The average Bonchev–Trinajstić information content (AvgIpc) is 2.80. The summed E-state index contributed by atoms with van der Waals surface area (Å²) >= 11 is 5.82. The van der Waals surface area contributed by atoms with Gasteiger partial charge in [0.25, 0.3) is 0 Å². The Morgan fingerprint density at radius 1 is 1.11 bits per heavy atom. The Hall–Kier alpha value is -2.13. The van der Waals surface area contributed by atoms with Crippen LogP contribution in [0.4, 0.5) is 0 Å². The van der Waals surface area contributed by atoms with Crippen molar-refractivity contribution in [2.75, 3.05) is 0 Å². The van der Waals surface area contributed by atoms with Crippen LogP contribution in [0.1, 0.15) is 5.56 Å². The maximum Gasteiger partial charge on any atom is 0.119 e. The molecule has 0 aliphatic rings. The van der Waals surface area contributed by atoms with Gasteiger partial charge in [0.05, 0.1) is 0 Å². The molecule has 96 valence electrons. The second-order valence-corrected chi connectivity index (χ2v) is 4.72. The van der Waals surface area contributed by atoms with Gasteiger partial charge in [-0.3, -0.25) is 0 Å². The summed E-state index contributed by atoms with van der Waals surface area (Å²) in [6.07, 6.45) is 1.89. The van der Waals surface area contributed by atoms with Crippen LogP contribution in [0.15, 0.2) is 48.7 Å². The van der Waals surface area contributed by atoms with Crippen LogP contribution in [0.3, 0.4) is 0 Å². The Morgan fingerprint density at radius 2 is 1.89 bits per heavy atom. The molecular formula is C15H12ClNO2. The lowest BCUT2D eigenvalue weighted by Crippen LogP contribution is -1.93. The molecule has 0 fully saturated rings. The molecule has 0 atom stereocenters. The van der Waals surface area contributed by atoms with Crippen LogP contribution in [-0.4, -0.2) is 10.1 Å². The molecule has 4 heteroatoms. The maximum absolute atomic E-state index is 9.52. The molecule has 2 N–H and O–H groups in total. The second-order valence-electron chi connectivity index (χ2n) is 4.29. The van der Waals surface area contributed by atoms with Gasteiger partial charge >= 0.3 is 0 Å². The predicted molar refractivity (Wildman–Crippen MR) is 75.7 cm³/mol. The maximum atomic E-state index is 9.52. The van der Waals surface area contributed by atoms with Crippen LogP contribution in [0.2, 0.25) is 5.02 Å². The first kappa shape index (κ1) is 11.9. The van der Waals surface area contributed by atoms with E-state index in [1.165, 1.54) is 0 Å². The lowest BCUT2D eigenvalue weighted by molar-refractivity contribution is 0.307. The molecule has 1 aromatic heterocycles. The fraction of sp³-hybridized carbons (Fsp3) is 0.0667. The summed E-state index contributed by atoms with van der Waals surface area (Å²) in [4.78, 5) is 3.15. The van der Waals surface area contributed by atoms with Gasteiger partial charge in [0.1, 0.15) is 18.1 Å². The van der Waals surface area contributed by atoms with Crippen molar-refractivity contribution in [2.24, 2.45) is 0 Å². The SMILES string of the molecule is Oc1ccc2[nH]cc(COc3ccc(Cl)cc3)c2c1. The van der Waals surface area contributed by atoms with E-state index in [-0.39, 0.29) is 5.75 Å². The van der Waals surface area contributed by atoms with E-state index in [4.69, 9.17) is 16.3 Å². The topological polar surface area (TPSA) is 45.2 Å². The van der Waals surface area contributed by atoms with Gasteiger partial charge in [-0.15, -0.1) is 0 Å². The number of rotatable bonds is 3. The fourth-order valence-corrected chi connectivity index (χ4v) is 2.10. The molecule has 0 spiro atoms. The molecule has 3 nitrogen and oxygen atoms in total. The largest absolute Gasteiger partial charge is 0.508 e. The lowest BCUT2D eigenvalue weighted by Gasteiger charge is -2.05. The molecule has 3 rings (SSSR count). The Kier molecular flexibility index (Phi) is 3.05. The van der Waals surface area contributed by atoms with Crippen LogP contribution >= 0.6 is 11.6 Å². The number of H-pyrrole nitrogens is 1. The number of hydrogen-bond donors (Lipinski definition) is 2. The highest BCUT2D eigenvalue weighted by Gasteiger charge is 2.05. The third kappa shape index (κ3) is 2.51. The number of halogens is 1. The molecule has 0 unspecified atom stereocenters. The molecule has 0 aliphatic heterocycles. The van der Waals surface area contributed by atoms with Crippen molar-refractivity contribution in [1.82, 2.24) is 4.98 Å². The third-order valence-corrected chi connectivity index (χ3v) is 3.21. The van der Waals surface area contributed by atoms with Crippen LogP contribution in [0.5, 0.6) is 11.5 Å². The highest BCUT2D eigenvalue weighted by Crippen LogP contribution is 2.24. The van der Waals surface area contributed by atoms with E-state index in [0.29, 0.717) is 11.6 Å². The summed E-state index contributed by atoms with van der Waals surface area (Å²) in [7, 11) is 0. The van der Waals surface area contributed by atoms with Crippen molar-refractivity contribution in [3.05, 3.63) is 59.2 Å². The average molecular weight is 274 g/mol. The van der Waals surface area contributed by atoms with Gasteiger partial charge in [0.2, 0.25) is 0 Å². The van der Waals surface area contributed by atoms with Gasteiger partial charge in [-0.25, -0.2) is 0 Å². The summed E-state index contributed by atoms with van der Waals surface area (Å²) in [6.45, 7) is 0.436. The summed E-state index contributed by atoms with van der Waals surface area (Å²) in [5.74, 6) is 1.01. The van der Waals surface area contributed by atoms with E-state index in [9.17, 15) is 5.11 Å². The van der Waals surface area contributed by atoms with Crippen molar-refractivity contribution >= 4 is 22.5 Å². The Bertz CT molecular complexity index is 704. The molecule has 19 heavy (non-hydrogen) atoms. The first-order chi connectivity index (χ1) is 9.22. The van der Waals surface area contributed by atoms with Gasteiger partial charge in [-0.2, -0.15) is 0 Å². The second kappa shape index (κ2) is 4.86. The zero-order chi connectivity index (χ0) is 13.2. The normalized spacial score (nSPS) is 10.8. The van der Waals surface area contributed by atoms with Crippen LogP contribution < -0.4 is 4.74 Å². The lowest BCUT2D eigenvalue weighted by atomic mass is 10.2. The number of aromatic nitrogens is 1. The number of aromatic hydroxyl groups is 1. The Balaban J connectivity index is 1.81. The van der Waals surface area contributed by atoms with Crippen molar-refractivity contribution in [2.45, 2.75) is 6.61 Å². The predicted octanol–water partition coefficient (Wildman–Crippen LogP) is 4.11. The Labute approximate surface area is 115 Å². The van der Waals surface area contributed by atoms with Crippen LogP contribution in [0, 0.1) is 0 Å². The Morgan fingerprint density at radius 3 is 2.68 bits per heavy atom. The first-order valence-corrected chi connectivity index (χ1v) is 6.27. The van der Waals surface area contributed by atoms with E-state index in [2.05, 4.69) is 4.98 Å². The minimum atomic E-state index is 0.250. The van der Waals surface area contributed by atoms with E-state index >= 15 is 0 Å². The number of nitrogens with one attached hydrogen (secondary N) is 1. The van der Waals surface area contributed by atoms with Crippen molar-refractivity contribution in [3.8, 4) is 11.5 Å². The zero-order valence-electron chi connectivity index (χ0n) is 10.1. The van der Waals surface area contributed by atoms with Gasteiger partial charge in [-0.05, 0) is 42.5 Å². The van der Waals surface area contributed by atoms with E-state index in [1.54, 1.807) is 24.3 Å². The molecule has 0 radical (unpaired) electrons. The third-order valence-electron chi connectivity index (χ3n) is 2.96. The van der Waals surface area contributed by atoms with Crippen LogP contribution in [0.25, 0.3) is 10.9 Å². The quantitative estimate of drug-likeness (QED) is 0.754. The van der Waals surface area contributed by atoms with E-state index in [0.717, 1.165) is 22.2 Å². The number of aromatic amines is 1. The minimum Gasteiger partial charge on any atom is -0.508 e. The minimum absolute atomic E-state index is 0.250. The van der Waals surface area contributed by atoms with Gasteiger partial charge in [0, 0.05) is 27.7 Å². The van der Waals surface area contributed by atoms with Gasteiger partial charge < -0.3 is 14.8 Å². The molecule has 0 bridgehead atoms. The standard InChI is InChI=1S/C15H12ClNO2/c16-11-1-4-13(5-2-11)19-9-10-8-17-15-6-3-12(18)7-14(10)15/h1-8,17-18H,9H2. The smallest absolute Gasteiger partial charge is 0.119 e. The monoisotopic (exact) mass is 273 g/mol. The molecule has 1 heterocycles. The molecule has 0 aliphatic carbocycles. The van der Waals surface area contributed by atoms with Crippen LogP contribution in [-0.2, 0) is 6.61 Å². The van der Waals surface area contributed by atoms with Gasteiger partial charge in [0.15, 0.2) is 0 Å². The van der Waals surface area contributed by atoms with E-state index in [1.807, 2.05) is 24.4 Å².